The Morgan fingerprint density at radius 2 is 2.19 bits per heavy atom. The van der Waals surface area contributed by atoms with E-state index in [-0.39, 0.29) is 29.1 Å². The van der Waals surface area contributed by atoms with Gasteiger partial charge in [-0.1, -0.05) is 5.16 Å². The molecule has 0 saturated carbocycles. The summed E-state index contributed by atoms with van der Waals surface area (Å²) in [6.45, 7) is 0.00526. The lowest BCUT2D eigenvalue weighted by Crippen LogP contribution is -2.27. The van der Waals surface area contributed by atoms with Gasteiger partial charge in [0.2, 0.25) is 16.4 Å². The molecular weight excluding hydrogens is 300 g/mol. The zero-order valence-corrected chi connectivity index (χ0v) is 11.5. The van der Waals surface area contributed by atoms with Crippen molar-refractivity contribution < 1.29 is 22.8 Å². The maximum atomic E-state index is 12.1. The molecule has 0 spiro atoms. The van der Waals surface area contributed by atoms with E-state index in [9.17, 15) is 13.2 Å². The van der Waals surface area contributed by atoms with E-state index in [0.29, 0.717) is 5.82 Å². The van der Waals surface area contributed by atoms with Crippen LogP contribution < -0.4 is 10.5 Å². The quantitative estimate of drug-likeness (QED) is 0.624. The molecule has 2 aromatic rings. The molecule has 0 unspecified atom stereocenters. The van der Waals surface area contributed by atoms with Crippen LogP contribution in [0, 0.1) is 0 Å². The van der Waals surface area contributed by atoms with Gasteiger partial charge in [-0.15, -0.1) is 0 Å². The van der Waals surface area contributed by atoms with Gasteiger partial charge in [0.25, 0.3) is 0 Å². The molecule has 1 aromatic heterocycles. The summed E-state index contributed by atoms with van der Waals surface area (Å²) in [6, 6.07) is 3.56. The van der Waals surface area contributed by atoms with Crippen molar-refractivity contribution in [1.29, 1.82) is 0 Å². The third-order valence-electron chi connectivity index (χ3n) is 2.57. The molecule has 0 radical (unpaired) electrons. The van der Waals surface area contributed by atoms with Crippen LogP contribution in [0.15, 0.2) is 34.0 Å². The number of nitrogen functional groups attached to an aromatic ring is 1. The van der Waals surface area contributed by atoms with Crippen LogP contribution >= 0.6 is 0 Å². The highest BCUT2D eigenvalue weighted by molar-refractivity contribution is 7.89. The molecule has 4 N–H and O–H groups in total. The van der Waals surface area contributed by atoms with Crippen LogP contribution in [0.4, 0.5) is 5.69 Å². The van der Waals surface area contributed by atoms with Gasteiger partial charge in [0.15, 0.2) is 5.82 Å². The highest BCUT2D eigenvalue weighted by Crippen LogP contribution is 2.18. The first kappa shape index (κ1) is 14.9. The molecule has 1 heterocycles. The minimum absolute atomic E-state index is 0.00526. The largest absolute Gasteiger partial charge is 0.478 e. The predicted molar refractivity (Wildman–Crippen MR) is 71.0 cm³/mol. The topological polar surface area (TPSA) is 148 Å². The molecule has 0 aliphatic heterocycles. The van der Waals surface area contributed by atoms with E-state index in [0.717, 1.165) is 18.5 Å². The number of anilines is 1. The number of carboxylic acid groups (broad SMARTS) is 1. The van der Waals surface area contributed by atoms with Crippen LogP contribution in [0.25, 0.3) is 0 Å². The number of carbonyl (C=O) groups is 1. The second-order valence-corrected chi connectivity index (χ2v) is 5.79. The standard InChI is InChI=1S/C11H12N4O5S/c12-7-1-2-9(8(5-7)11(16)17)21(18,19)14-4-3-10-13-6-20-15-10/h1-2,5-6,14H,3-4,12H2,(H,16,17). The number of hydrogen-bond donors (Lipinski definition) is 3. The summed E-state index contributed by atoms with van der Waals surface area (Å²) in [7, 11) is -3.98. The minimum atomic E-state index is -3.98. The molecule has 2 rings (SSSR count). The van der Waals surface area contributed by atoms with Crippen LogP contribution in [-0.4, -0.2) is 36.2 Å². The summed E-state index contributed by atoms with van der Waals surface area (Å²) >= 11 is 0. The van der Waals surface area contributed by atoms with Crippen molar-refractivity contribution in [2.24, 2.45) is 0 Å². The lowest BCUT2D eigenvalue weighted by Gasteiger charge is -2.09. The fraction of sp³-hybridized carbons (Fsp3) is 0.182. The third kappa shape index (κ3) is 3.55. The number of hydrogen-bond acceptors (Lipinski definition) is 7. The van der Waals surface area contributed by atoms with E-state index in [2.05, 4.69) is 19.4 Å². The van der Waals surface area contributed by atoms with Gasteiger partial charge in [0, 0.05) is 18.7 Å². The average Bonchev–Trinajstić information content (AvgIpc) is 2.91. The number of aromatic carboxylic acids is 1. The Labute approximate surface area is 119 Å². The van der Waals surface area contributed by atoms with E-state index in [1.54, 1.807) is 0 Å². The summed E-state index contributed by atoms with van der Waals surface area (Å²) in [4.78, 5) is 14.5. The van der Waals surface area contributed by atoms with Crippen LogP contribution in [0.2, 0.25) is 0 Å². The second-order valence-electron chi connectivity index (χ2n) is 4.06. The molecule has 21 heavy (non-hydrogen) atoms. The van der Waals surface area contributed by atoms with Crippen LogP contribution in [0.3, 0.4) is 0 Å². The van der Waals surface area contributed by atoms with E-state index < -0.39 is 16.0 Å². The molecule has 1 aromatic carbocycles. The molecule has 10 heteroatoms. The number of nitrogens with two attached hydrogens (primary N) is 1. The predicted octanol–water partition coefficient (Wildman–Crippen LogP) is -0.129. The first-order valence-electron chi connectivity index (χ1n) is 5.78. The normalized spacial score (nSPS) is 11.4. The fourth-order valence-electron chi connectivity index (χ4n) is 1.63. The Balaban J connectivity index is 2.17. The maximum absolute atomic E-state index is 12.1. The first-order valence-corrected chi connectivity index (χ1v) is 7.26. The Hall–Kier alpha value is -2.46. The Morgan fingerprint density at radius 1 is 1.43 bits per heavy atom. The lowest BCUT2D eigenvalue weighted by atomic mass is 10.2. The van der Waals surface area contributed by atoms with E-state index in [1.807, 2.05) is 0 Å². The third-order valence-corrected chi connectivity index (χ3v) is 4.09. The molecule has 0 saturated heterocycles. The van der Waals surface area contributed by atoms with Gasteiger partial charge in [-0.25, -0.2) is 17.9 Å². The van der Waals surface area contributed by atoms with Crippen molar-refractivity contribution in [1.82, 2.24) is 14.9 Å². The van der Waals surface area contributed by atoms with Crippen LogP contribution in [-0.2, 0) is 16.4 Å². The lowest BCUT2D eigenvalue weighted by molar-refractivity contribution is 0.0692. The van der Waals surface area contributed by atoms with Crippen LogP contribution in [0.5, 0.6) is 0 Å². The molecule has 0 fully saturated rings. The summed E-state index contributed by atoms with van der Waals surface area (Å²) in [5.41, 5.74) is 5.25. The average molecular weight is 312 g/mol. The fourth-order valence-corrected chi connectivity index (χ4v) is 2.84. The smallest absolute Gasteiger partial charge is 0.337 e. The van der Waals surface area contributed by atoms with E-state index in [4.69, 9.17) is 10.8 Å². The van der Waals surface area contributed by atoms with Gasteiger partial charge in [-0.2, -0.15) is 4.98 Å². The summed E-state index contributed by atoms with van der Waals surface area (Å²) in [6.07, 6.45) is 1.35. The maximum Gasteiger partial charge on any atom is 0.337 e. The SMILES string of the molecule is Nc1ccc(S(=O)(=O)NCCc2ncon2)c(C(=O)O)c1. The van der Waals surface area contributed by atoms with E-state index in [1.165, 1.54) is 6.07 Å². The van der Waals surface area contributed by atoms with Gasteiger partial charge < -0.3 is 15.4 Å². The van der Waals surface area contributed by atoms with Gasteiger partial charge in [0.05, 0.1) is 10.5 Å². The van der Waals surface area contributed by atoms with Gasteiger partial charge in [0.1, 0.15) is 0 Å². The molecule has 0 aliphatic carbocycles. The number of aromatic nitrogens is 2. The molecular formula is C11H12N4O5S. The number of benzene rings is 1. The number of nitrogens with zero attached hydrogens (tertiary/aromatic N) is 2. The van der Waals surface area contributed by atoms with E-state index >= 15 is 0 Å². The highest BCUT2D eigenvalue weighted by atomic mass is 32.2. The van der Waals surface area contributed by atoms with Crippen molar-refractivity contribution >= 4 is 21.7 Å². The number of nitrogens with one attached hydrogen (secondary N) is 1. The molecule has 0 amide bonds. The van der Waals surface area contributed by atoms with Crippen molar-refractivity contribution in [3.63, 3.8) is 0 Å². The highest BCUT2D eigenvalue weighted by Gasteiger charge is 2.22. The zero-order valence-electron chi connectivity index (χ0n) is 10.7. The second kappa shape index (κ2) is 5.89. The summed E-state index contributed by atoms with van der Waals surface area (Å²) in [5.74, 6) is -1.03. The van der Waals surface area contributed by atoms with Gasteiger partial charge >= 0.3 is 5.97 Å². The summed E-state index contributed by atoms with van der Waals surface area (Å²) in [5, 5.41) is 12.6. The van der Waals surface area contributed by atoms with Crippen molar-refractivity contribution in [3.05, 3.63) is 36.0 Å². The van der Waals surface area contributed by atoms with Gasteiger partial charge in [-0.3, -0.25) is 0 Å². The molecule has 9 nitrogen and oxygen atoms in total. The monoisotopic (exact) mass is 312 g/mol. The number of carboxylic acids is 1. The molecule has 0 atom stereocenters. The zero-order chi connectivity index (χ0) is 15.5. The first-order chi connectivity index (χ1) is 9.90. The van der Waals surface area contributed by atoms with Crippen molar-refractivity contribution in [2.45, 2.75) is 11.3 Å². The number of sulfonamides is 1. The van der Waals surface area contributed by atoms with Gasteiger partial charge in [-0.05, 0) is 18.2 Å². The van der Waals surface area contributed by atoms with Crippen molar-refractivity contribution in [3.8, 4) is 0 Å². The molecule has 112 valence electrons. The number of rotatable bonds is 6. The summed E-state index contributed by atoms with van der Waals surface area (Å²) < 4.78 is 31.0. The Morgan fingerprint density at radius 3 is 2.81 bits per heavy atom. The molecule has 0 bridgehead atoms. The van der Waals surface area contributed by atoms with Crippen LogP contribution in [0.1, 0.15) is 16.2 Å². The van der Waals surface area contributed by atoms with Crippen molar-refractivity contribution in [2.75, 3.05) is 12.3 Å². The Kier molecular flexibility index (Phi) is 4.19. The molecule has 0 aliphatic rings. The Bertz CT molecular complexity index is 742. The minimum Gasteiger partial charge on any atom is -0.478 e.